The summed E-state index contributed by atoms with van der Waals surface area (Å²) in [6.07, 6.45) is -0.696. The van der Waals surface area contributed by atoms with Gasteiger partial charge in [0.15, 0.2) is 0 Å². The number of nitrogens with zero attached hydrogens (tertiary/aromatic N) is 2. The highest BCUT2D eigenvalue weighted by atomic mass is 16.5. The van der Waals surface area contributed by atoms with E-state index in [-0.39, 0.29) is 55.3 Å². The molecule has 0 aliphatic carbocycles. The molecule has 18 heteroatoms. The summed E-state index contributed by atoms with van der Waals surface area (Å²) in [5, 5.41) is 49.4. The van der Waals surface area contributed by atoms with Gasteiger partial charge in [-0.1, -0.05) is 12.1 Å². The highest BCUT2D eigenvalue weighted by Gasteiger charge is 2.46. The quantitative estimate of drug-likeness (QED) is 0.104. The SMILES string of the molecule is CC(C(=O)N[C@@H](C)C(=O)O)N1C(=O)CC(Cc2ccc(O)cc2O)C1=O.CCOC(=O)C(CC(N)=O)N1C(=O)CC(Cc2ccc(O)cc2O)C1=O. The van der Waals surface area contributed by atoms with Crippen LogP contribution in [0.3, 0.4) is 0 Å². The molecule has 280 valence electrons. The standard InChI is InChI=1S/2C17H20N2O7/c1-8(17(25)26)18-15(23)9(2)19-14(22)6-11(16(19)24)5-10-3-4-12(20)7-13(10)21;1-2-26-17(25)12(8-14(18)22)19-15(23)6-10(16(19)24)5-9-3-4-11(20)7-13(9)21/h3-4,7-9,11,20-21H,5-6H2,1-2H3,(H,18,23)(H,25,26);3-4,7,10,12,20-21H,2,5-6,8H2,1H3,(H2,18,22)/t8-,9?,11?;/m0./s1. The van der Waals surface area contributed by atoms with Gasteiger partial charge in [-0.15, -0.1) is 0 Å². The van der Waals surface area contributed by atoms with Crippen molar-refractivity contribution >= 4 is 47.4 Å². The molecular formula is C34H40N4O14. The molecule has 4 rings (SSSR count). The molecule has 0 radical (unpaired) electrons. The number of carbonyl (C=O) groups excluding carboxylic acids is 7. The lowest BCUT2D eigenvalue weighted by Crippen LogP contribution is -2.51. The molecule has 4 unspecified atom stereocenters. The predicted octanol–water partition coefficient (Wildman–Crippen LogP) is -0.184. The number of likely N-dealkylation sites (tertiary alicyclic amines) is 2. The number of carbonyl (C=O) groups is 8. The smallest absolute Gasteiger partial charge is 0.329 e. The minimum Gasteiger partial charge on any atom is -0.508 e. The number of aliphatic carboxylic acids is 1. The van der Waals surface area contributed by atoms with Gasteiger partial charge in [0, 0.05) is 25.0 Å². The number of phenols is 4. The van der Waals surface area contributed by atoms with Crippen molar-refractivity contribution in [2.45, 2.75) is 71.0 Å². The number of hydrogen-bond acceptors (Lipinski definition) is 13. The number of nitrogens with one attached hydrogen (secondary N) is 1. The van der Waals surface area contributed by atoms with E-state index in [0.717, 1.165) is 21.9 Å². The molecule has 2 fully saturated rings. The second-order valence-electron chi connectivity index (χ2n) is 12.2. The molecule has 0 bridgehead atoms. The molecule has 6 amide bonds. The van der Waals surface area contributed by atoms with Crippen molar-refractivity contribution in [2.75, 3.05) is 6.61 Å². The number of carboxylic acids is 1. The summed E-state index contributed by atoms with van der Waals surface area (Å²) in [5.41, 5.74) is 5.89. The summed E-state index contributed by atoms with van der Waals surface area (Å²) in [5.74, 6) is -8.24. The van der Waals surface area contributed by atoms with Crippen LogP contribution in [0.15, 0.2) is 36.4 Å². The van der Waals surface area contributed by atoms with Crippen LogP contribution in [-0.4, -0.2) is 107 Å². The van der Waals surface area contributed by atoms with Crippen LogP contribution in [0.4, 0.5) is 0 Å². The molecule has 18 nitrogen and oxygen atoms in total. The van der Waals surface area contributed by atoms with Crippen molar-refractivity contribution in [1.29, 1.82) is 0 Å². The van der Waals surface area contributed by atoms with Crippen molar-refractivity contribution in [2.24, 2.45) is 17.6 Å². The molecule has 0 aromatic heterocycles. The zero-order valence-corrected chi connectivity index (χ0v) is 28.5. The molecular weight excluding hydrogens is 688 g/mol. The third-order valence-electron chi connectivity index (χ3n) is 8.38. The third kappa shape index (κ3) is 9.73. The number of esters is 1. The number of nitrogens with two attached hydrogens (primary N) is 1. The molecule has 8 N–H and O–H groups in total. The first-order valence-electron chi connectivity index (χ1n) is 16.1. The second-order valence-corrected chi connectivity index (χ2v) is 12.2. The zero-order valence-electron chi connectivity index (χ0n) is 28.5. The van der Waals surface area contributed by atoms with E-state index in [4.69, 9.17) is 15.6 Å². The topological polar surface area (TPSA) is 291 Å². The van der Waals surface area contributed by atoms with Crippen molar-refractivity contribution in [3.05, 3.63) is 47.5 Å². The third-order valence-corrected chi connectivity index (χ3v) is 8.38. The normalized spacial score (nSPS) is 18.7. The van der Waals surface area contributed by atoms with E-state index in [1.54, 1.807) is 6.92 Å². The largest absolute Gasteiger partial charge is 0.508 e. The Bertz CT molecular complexity index is 1760. The van der Waals surface area contributed by atoms with Crippen LogP contribution in [0.1, 0.15) is 51.2 Å². The number of aromatic hydroxyl groups is 4. The summed E-state index contributed by atoms with van der Waals surface area (Å²) in [4.78, 5) is 97.5. The van der Waals surface area contributed by atoms with E-state index in [2.05, 4.69) is 5.32 Å². The number of benzene rings is 2. The van der Waals surface area contributed by atoms with Crippen LogP contribution in [-0.2, 0) is 55.9 Å². The van der Waals surface area contributed by atoms with Crippen LogP contribution in [0, 0.1) is 11.8 Å². The van der Waals surface area contributed by atoms with E-state index >= 15 is 0 Å². The molecule has 2 aromatic carbocycles. The highest BCUT2D eigenvalue weighted by molar-refractivity contribution is 6.08. The Morgan fingerprint density at radius 3 is 1.71 bits per heavy atom. The van der Waals surface area contributed by atoms with Crippen molar-refractivity contribution in [1.82, 2.24) is 15.1 Å². The summed E-state index contributed by atoms with van der Waals surface area (Å²) in [6.45, 7) is 4.20. The van der Waals surface area contributed by atoms with Crippen LogP contribution < -0.4 is 11.1 Å². The Morgan fingerprint density at radius 1 is 0.827 bits per heavy atom. The molecule has 2 aliphatic heterocycles. The first-order valence-corrected chi connectivity index (χ1v) is 16.1. The minimum atomic E-state index is -1.40. The average Bonchev–Trinajstić information content (AvgIpc) is 3.49. The fourth-order valence-corrected chi connectivity index (χ4v) is 5.69. The fraction of sp³-hybridized carbons (Fsp3) is 0.412. The molecule has 0 spiro atoms. The van der Waals surface area contributed by atoms with Gasteiger partial charge in [0.05, 0.1) is 24.9 Å². The Morgan fingerprint density at radius 2 is 1.29 bits per heavy atom. The Kier molecular flexibility index (Phi) is 13.3. The zero-order chi connectivity index (χ0) is 39.0. The molecule has 2 heterocycles. The van der Waals surface area contributed by atoms with E-state index in [1.165, 1.54) is 38.1 Å². The van der Waals surface area contributed by atoms with E-state index in [1.807, 2.05) is 0 Å². The fourth-order valence-electron chi connectivity index (χ4n) is 5.69. The minimum absolute atomic E-state index is 0.0229. The molecule has 5 atom stereocenters. The maximum Gasteiger partial charge on any atom is 0.329 e. The second kappa shape index (κ2) is 17.1. The predicted molar refractivity (Wildman–Crippen MR) is 176 cm³/mol. The van der Waals surface area contributed by atoms with Gasteiger partial charge in [-0.05, 0) is 56.9 Å². The summed E-state index contributed by atoms with van der Waals surface area (Å²) in [7, 11) is 0. The lowest BCUT2D eigenvalue weighted by atomic mass is 9.97. The molecule has 2 aromatic rings. The lowest BCUT2D eigenvalue weighted by Gasteiger charge is -2.24. The number of hydrogen-bond donors (Lipinski definition) is 7. The van der Waals surface area contributed by atoms with Gasteiger partial charge in [0.2, 0.25) is 35.4 Å². The van der Waals surface area contributed by atoms with Gasteiger partial charge in [-0.2, -0.15) is 0 Å². The van der Waals surface area contributed by atoms with Crippen LogP contribution >= 0.6 is 0 Å². The maximum absolute atomic E-state index is 12.6. The molecule has 0 saturated carbocycles. The van der Waals surface area contributed by atoms with Gasteiger partial charge in [-0.3, -0.25) is 43.4 Å². The average molecular weight is 729 g/mol. The number of primary amides is 1. The van der Waals surface area contributed by atoms with Gasteiger partial charge in [-0.25, -0.2) is 4.79 Å². The number of rotatable bonds is 13. The van der Waals surface area contributed by atoms with Crippen molar-refractivity contribution in [3.63, 3.8) is 0 Å². The lowest BCUT2D eigenvalue weighted by molar-refractivity contribution is -0.159. The van der Waals surface area contributed by atoms with Crippen LogP contribution in [0.5, 0.6) is 23.0 Å². The Labute approximate surface area is 296 Å². The maximum atomic E-state index is 12.6. The van der Waals surface area contributed by atoms with E-state index < -0.39 is 83.8 Å². The summed E-state index contributed by atoms with van der Waals surface area (Å²) >= 11 is 0. The van der Waals surface area contributed by atoms with Crippen molar-refractivity contribution < 1.29 is 68.6 Å². The highest BCUT2D eigenvalue weighted by Crippen LogP contribution is 2.32. The number of phenolic OH excluding ortho intramolecular Hbond substituents is 4. The number of amides is 6. The Hall–Kier alpha value is -6.20. The number of carboxylic acid groups (broad SMARTS) is 1. The number of ether oxygens (including phenoxy) is 1. The van der Waals surface area contributed by atoms with E-state index in [0.29, 0.717) is 11.1 Å². The number of imide groups is 2. The van der Waals surface area contributed by atoms with Crippen LogP contribution in [0.2, 0.25) is 0 Å². The summed E-state index contributed by atoms with van der Waals surface area (Å²) < 4.78 is 4.84. The van der Waals surface area contributed by atoms with Gasteiger partial charge in [0.1, 0.15) is 41.1 Å². The van der Waals surface area contributed by atoms with E-state index in [9.17, 15) is 58.8 Å². The molecule has 2 saturated heterocycles. The summed E-state index contributed by atoms with van der Waals surface area (Å²) in [6, 6.07) is 4.18. The first-order chi connectivity index (χ1) is 24.4. The molecule has 2 aliphatic rings. The van der Waals surface area contributed by atoms with Gasteiger partial charge < -0.3 is 41.3 Å². The van der Waals surface area contributed by atoms with Crippen molar-refractivity contribution in [3.8, 4) is 23.0 Å². The first kappa shape index (κ1) is 40.2. The Balaban J connectivity index is 0.000000280. The molecule has 52 heavy (non-hydrogen) atoms. The van der Waals surface area contributed by atoms with Crippen LogP contribution in [0.25, 0.3) is 0 Å². The van der Waals surface area contributed by atoms with Gasteiger partial charge in [0.25, 0.3) is 0 Å². The monoisotopic (exact) mass is 728 g/mol. The van der Waals surface area contributed by atoms with Gasteiger partial charge >= 0.3 is 11.9 Å².